The molecule has 1 saturated heterocycles. The van der Waals surface area contributed by atoms with Gasteiger partial charge in [0.25, 0.3) is 0 Å². The van der Waals surface area contributed by atoms with Crippen molar-refractivity contribution in [3.63, 3.8) is 0 Å². The number of imidazole rings is 1. The van der Waals surface area contributed by atoms with Gasteiger partial charge in [-0.1, -0.05) is 13.8 Å². The molecular formula is C19H31N8O7P. The molecule has 1 amide bonds. The maximum absolute atomic E-state index is 13.0. The van der Waals surface area contributed by atoms with Gasteiger partial charge >= 0.3 is 13.6 Å². The Morgan fingerprint density at radius 2 is 2.00 bits per heavy atom. The van der Waals surface area contributed by atoms with Gasteiger partial charge in [-0.25, -0.2) is 9.78 Å². The zero-order valence-electron chi connectivity index (χ0n) is 19.9. The van der Waals surface area contributed by atoms with Gasteiger partial charge in [0, 0.05) is 0 Å². The van der Waals surface area contributed by atoms with Crippen molar-refractivity contribution in [3.8, 4) is 0 Å². The van der Waals surface area contributed by atoms with Gasteiger partial charge < -0.3 is 41.0 Å². The van der Waals surface area contributed by atoms with Crippen LogP contribution in [0.4, 0.5) is 11.8 Å². The van der Waals surface area contributed by atoms with Crippen LogP contribution in [0.5, 0.6) is 0 Å². The molecule has 4 atom stereocenters. The summed E-state index contributed by atoms with van der Waals surface area (Å²) in [5.41, 5.74) is 18.0. The summed E-state index contributed by atoms with van der Waals surface area (Å²) in [6.07, 6.45) is -0.196. The first-order valence-corrected chi connectivity index (χ1v) is 12.6. The molecule has 2 aromatic heterocycles. The van der Waals surface area contributed by atoms with Crippen molar-refractivity contribution in [2.24, 2.45) is 11.7 Å². The lowest BCUT2D eigenvalue weighted by atomic mass is 10.0. The van der Waals surface area contributed by atoms with Crippen LogP contribution >= 0.6 is 7.60 Å². The van der Waals surface area contributed by atoms with E-state index in [4.69, 9.17) is 35.7 Å². The average Bonchev–Trinajstić information content (AvgIpc) is 3.20. The van der Waals surface area contributed by atoms with Gasteiger partial charge in [-0.15, -0.1) is 0 Å². The van der Waals surface area contributed by atoms with E-state index >= 15 is 0 Å². The second-order valence-electron chi connectivity index (χ2n) is 8.56. The number of hydrogen-bond acceptors (Lipinski definition) is 13. The fourth-order valence-electron chi connectivity index (χ4n) is 3.08. The van der Waals surface area contributed by atoms with Crippen LogP contribution in [0.1, 0.15) is 33.9 Å². The maximum Gasteiger partial charge on any atom is 0.356 e. The highest BCUT2D eigenvalue weighted by atomic mass is 31.2. The van der Waals surface area contributed by atoms with Crippen molar-refractivity contribution in [1.82, 2.24) is 24.8 Å². The first kappa shape index (κ1) is 26.8. The quantitative estimate of drug-likeness (QED) is 0.258. The van der Waals surface area contributed by atoms with Crippen LogP contribution in [0.15, 0.2) is 6.33 Å². The zero-order valence-corrected chi connectivity index (χ0v) is 20.8. The summed E-state index contributed by atoms with van der Waals surface area (Å²) >= 11 is 0. The van der Waals surface area contributed by atoms with Gasteiger partial charge in [-0.2, -0.15) is 9.97 Å². The van der Waals surface area contributed by atoms with Crippen LogP contribution in [0.25, 0.3) is 11.2 Å². The number of nitrogen functional groups attached to an aromatic ring is 2. The number of rotatable bonds is 9. The van der Waals surface area contributed by atoms with E-state index in [0.717, 1.165) is 0 Å². The van der Waals surface area contributed by atoms with E-state index in [1.165, 1.54) is 10.9 Å². The highest BCUT2D eigenvalue weighted by Gasteiger charge is 2.37. The predicted octanol–water partition coefficient (Wildman–Crippen LogP) is 0.123. The highest BCUT2D eigenvalue weighted by Crippen LogP contribution is 2.52. The third kappa shape index (κ3) is 6.44. The lowest BCUT2D eigenvalue weighted by Crippen LogP contribution is -2.52. The van der Waals surface area contributed by atoms with Crippen LogP contribution in [0.3, 0.4) is 0 Å². The van der Waals surface area contributed by atoms with Crippen molar-refractivity contribution in [2.75, 3.05) is 31.0 Å². The smallest absolute Gasteiger partial charge is 0.356 e. The Hall–Kier alpha value is -2.84. The molecular weight excluding hydrogens is 483 g/mol. The number of anilines is 2. The molecule has 1 aliphatic rings. The second kappa shape index (κ2) is 10.8. The normalized spacial score (nSPS) is 22.3. The number of carbonyl (C=O) groups excluding carboxylic acids is 2. The SMILES string of the molecule is CC(C)OC(=O)[C@@H](COP1(=O)CO[C@@H](n2cnc3c(N)nc(N)nc32)CO1)NC(=O)[C@@H](N)C(C)C. The van der Waals surface area contributed by atoms with E-state index in [1.54, 1.807) is 27.7 Å². The van der Waals surface area contributed by atoms with Gasteiger partial charge in [0.15, 0.2) is 30.1 Å². The molecule has 0 bridgehead atoms. The first-order chi connectivity index (χ1) is 16.4. The molecule has 194 valence electrons. The molecule has 3 rings (SSSR count). The summed E-state index contributed by atoms with van der Waals surface area (Å²) in [5, 5.41) is 2.49. The van der Waals surface area contributed by atoms with Gasteiger partial charge in [0.2, 0.25) is 11.9 Å². The Bertz CT molecular complexity index is 1110. The molecule has 16 heteroatoms. The number of nitrogens with one attached hydrogen (secondary N) is 1. The summed E-state index contributed by atoms with van der Waals surface area (Å²) in [6.45, 7) is 6.19. The molecule has 0 radical (unpaired) electrons. The molecule has 35 heavy (non-hydrogen) atoms. The van der Waals surface area contributed by atoms with E-state index in [9.17, 15) is 14.2 Å². The van der Waals surface area contributed by atoms with Crippen LogP contribution in [-0.4, -0.2) is 69.1 Å². The number of ether oxygens (including phenoxy) is 2. The third-order valence-corrected chi connectivity index (χ3v) is 6.58. The van der Waals surface area contributed by atoms with Crippen LogP contribution in [-0.2, 0) is 32.7 Å². The van der Waals surface area contributed by atoms with E-state index < -0.39 is 56.8 Å². The van der Waals surface area contributed by atoms with Crippen LogP contribution in [0.2, 0.25) is 0 Å². The number of carbonyl (C=O) groups is 2. The average molecular weight is 514 g/mol. The summed E-state index contributed by atoms with van der Waals surface area (Å²) < 4.78 is 36.3. The summed E-state index contributed by atoms with van der Waals surface area (Å²) in [5.74, 6) is -1.43. The largest absolute Gasteiger partial charge is 0.461 e. The number of hydrogen-bond donors (Lipinski definition) is 4. The summed E-state index contributed by atoms with van der Waals surface area (Å²) in [4.78, 5) is 37.0. The first-order valence-electron chi connectivity index (χ1n) is 10.9. The van der Waals surface area contributed by atoms with E-state index in [2.05, 4.69) is 20.3 Å². The lowest BCUT2D eigenvalue weighted by molar-refractivity contribution is -0.152. The maximum atomic E-state index is 13.0. The Kier molecular flexibility index (Phi) is 8.28. The van der Waals surface area contributed by atoms with Crippen LogP contribution in [0, 0.1) is 5.92 Å². The van der Waals surface area contributed by atoms with Crippen molar-refractivity contribution >= 4 is 42.4 Å². The van der Waals surface area contributed by atoms with Crippen molar-refractivity contribution in [2.45, 2.75) is 52.1 Å². The number of nitrogens with zero attached hydrogens (tertiary/aromatic N) is 4. The minimum absolute atomic E-state index is 0.0407. The second-order valence-corrected chi connectivity index (χ2v) is 10.6. The Balaban J connectivity index is 1.65. The molecule has 0 aromatic carbocycles. The van der Waals surface area contributed by atoms with Gasteiger partial charge in [0.05, 0.1) is 25.1 Å². The van der Waals surface area contributed by atoms with Crippen molar-refractivity contribution in [1.29, 1.82) is 0 Å². The molecule has 0 aliphatic carbocycles. The predicted molar refractivity (Wildman–Crippen MR) is 125 cm³/mol. The van der Waals surface area contributed by atoms with Crippen LogP contribution < -0.4 is 22.5 Å². The Morgan fingerprint density at radius 3 is 2.60 bits per heavy atom. The fourth-order valence-corrected chi connectivity index (χ4v) is 4.39. The van der Waals surface area contributed by atoms with E-state index in [-0.39, 0.29) is 24.3 Å². The monoisotopic (exact) mass is 514 g/mol. The van der Waals surface area contributed by atoms with Crippen molar-refractivity contribution in [3.05, 3.63) is 6.33 Å². The topological polar surface area (TPSA) is 222 Å². The fraction of sp³-hybridized carbons (Fsp3) is 0.632. The van der Waals surface area contributed by atoms with Gasteiger partial charge in [0.1, 0.15) is 12.1 Å². The highest BCUT2D eigenvalue weighted by molar-refractivity contribution is 7.53. The molecule has 2 aromatic rings. The van der Waals surface area contributed by atoms with Crippen molar-refractivity contribution < 1.29 is 32.7 Å². The minimum atomic E-state index is -3.77. The number of esters is 1. The third-order valence-electron chi connectivity index (χ3n) is 5.03. The molecule has 3 heterocycles. The molecule has 0 spiro atoms. The standard InChI is InChI=1S/C19H31N8O7P/c1-9(2)13(20)17(28)24-11(18(29)34-10(3)4)5-32-35(30)8-31-12(6-33-35)27-7-23-14-15(21)25-19(22)26-16(14)27/h7,9-13H,5-6,8,20H2,1-4H3,(H,24,28)(H4,21,22,25,26)/t11-,12-,13+,35?/m1/s1. The Morgan fingerprint density at radius 1 is 1.29 bits per heavy atom. The van der Waals surface area contributed by atoms with Gasteiger partial charge in [-0.3, -0.25) is 13.9 Å². The van der Waals surface area contributed by atoms with E-state index in [0.29, 0.717) is 11.2 Å². The minimum Gasteiger partial charge on any atom is -0.461 e. The number of nitrogens with two attached hydrogens (primary N) is 3. The zero-order chi connectivity index (χ0) is 25.9. The summed E-state index contributed by atoms with van der Waals surface area (Å²) in [6, 6.07) is -2.10. The van der Waals surface area contributed by atoms with E-state index in [1.807, 2.05) is 0 Å². The molecule has 1 aliphatic heterocycles. The molecule has 7 N–H and O–H groups in total. The lowest BCUT2D eigenvalue weighted by Gasteiger charge is -2.30. The molecule has 1 fully saturated rings. The Labute approximate surface area is 201 Å². The number of aromatic nitrogens is 4. The number of amides is 1. The number of fused-ring (bicyclic) bond motifs is 1. The van der Waals surface area contributed by atoms with Gasteiger partial charge in [-0.05, 0) is 19.8 Å². The summed E-state index contributed by atoms with van der Waals surface area (Å²) in [7, 11) is -3.77. The molecule has 15 nitrogen and oxygen atoms in total. The molecule has 0 saturated carbocycles. The molecule has 1 unspecified atom stereocenters.